The molecule has 1 fully saturated rings. The molecule has 0 unspecified atom stereocenters. The summed E-state index contributed by atoms with van der Waals surface area (Å²) in [7, 11) is 0. The smallest absolute Gasteiger partial charge is 0.153 e. The van der Waals surface area contributed by atoms with Gasteiger partial charge in [-0.1, -0.05) is 0 Å². The van der Waals surface area contributed by atoms with Gasteiger partial charge in [0.2, 0.25) is 0 Å². The summed E-state index contributed by atoms with van der Waals surface area (Å²) in [5, 5.41) is 9.69. The first-order valence-electron chi connectivity index (χ1n) is 6.39. The fraction of sp³-hybridized carbons (Fsp3) is 0.500. The average molecular weight is 248 g/mol. The highest BCUT2D eigenvalue weighted by molar-refractivity contribution is 5.80. The number of anilines is 1. The van der Waals surface area contributed by atoms with Crippen molar-refractivity contribution in [3.8, 4) is 5.75 Å². The summed E-state index contributed by atoms with van der Waals surface area (Å²) >= 11 is 0. The van der Waals surface area contributed by atoms with Gasteiger partial charge in [-0.3, -0.25) is 9.69 Å². The molecule has 98 valence electrons. The van der Waals surface area contributed by atoms with Crippen molar-refractivity contribution in [1.29, 1.82) is 0 Å². The van der Waals surface area contributed by atoms with Crippen LogP contribution in [-0.4, -0.2) is 48.5 Å². The van der Waals surface area contributed by atoms with E-state index >= 15 is 0 Å². The lowest BCUT2D eigenvalue weighted by atomic mass is 10.1. The first-order chi connectivity index (χ1) is 8.61. The van der Waals surface area contributed by atoms with Gasteiger partial charge in [0.1, 0.15) is 5.75 Å². The highest BCUT2D eigenvalue weighted by Gasteiger charge is 2.19. The number of phenols is 1. The van der Waals surface area contributed by atoms with E-state index in [4.69, 9.17) is 0 Å². The lowest BCUT2D eigenvalue weighted by Crippen LogP contribution is -2.48. The van der Waals surface area contributed by atoms with Crippen molar-refractivity contribution in [2.75, 3.05) is 31.1 Å². The number of aromatic hydroxyl groups is 1. The van der Waals surface area contributed by atoms with Crippen LogP contribution in [0.1, 0.15) is 24.2 Å². The number of carbonyl (C=O) groups excluding carboxylic acids is 1. The second kappa shape index (κ2) is 5.40. The third-order valence-corrected chi connectivity index (χ3v) is 3.55. The molecule has 0 atom stereocenters. The fourth-order valence-electron chi connectivity index (χ4n) is 2.32. The largest absolute Gasteiger partial charge is 0.507 e. The van der Waals surface area contributed by atoms with Crippen molar-refractivity contribution in [1.82, 2.24) is 4.90 Å². The standard InChI is InChI=1S/C14H20N2O2/c1-11(2)15-5-7-16(8-6-15)13-4-3-12(10-17)14(18)9-13/h3-4,9-11,18H,5-8H2,1-2H3. The molecule has 0 saturated carbocycles. The first-order valence-corrected chi connectivity index (χ1v) is 6.39. The Bertz CT molecular complexity index is 424. The molecule has 1 heterocycles. The van der Waals surface area contributed by atoms with Gasteiger partial charge in [0.05, 0.1) is 5.56 Å². The number of phenolic OH excluding ortho intramolecular Hbond substituents is 1. The SMILES string of the molecule is CC(C)N1CCN(c2ccc(C=O)c(O)c2)CC1. The summed E-state index contributed by atoms with van der Waals surface area (Å²) in [6.45, 7) is 8.40. The third-order valence-electron chi connectivity index (χ3n) is 3.55. The molecule has 1 aliphatic heterocycles. The van der Waals surface area contributed by atoms with Crippen LogP contribution in [0.5, 0.6) is 5.75 Å². The van der Waals surface area contributed by atoms with Gasteiger partial charge in [-0.15, -0.1) is 0 Å². The van der Waals surface area contributed by atoms with Crippen molar-refractivity contribution in [3.63, 3.8) is 0 Å². The molecule has 0 aliphatic carbocycles. The number of benzene rings is 1. The van der Waals surface area contributed by atoms with Crippen LogP contribution in [0.15, 0.2) is 18.2 Å². The van der Waals surface area contributed by atoms with Crippen LogP contribution < -0.4 is 4.90 Å². The van der Waals surface area contributed by atoms with Gasteiger partial charge in [0.15, 0.2) is 6.29 Å². The van der Waals surface area contributed by atoms with Crippen LogP contribution >= 0.6 is 0 Å². The quantitative estimate of drug-likeness (QED) is 0.827. The number of nitrogens with zero attached hydrogens (tertiary/aromatic N) is 2. The predicted octanol–water partition coefficient (Wildman–Crippen LogP) is 1.74. The Morgan fingerprint density at radius 1 is 1.22 bits per heavy atom. The molecule has 0 radical (unpaired) electrons. The Balaban J connectivity index is 2.05. The van der Waals surface area contributed by atoms with E-state index in [1.54, 1.807) is 12.1 Å². The number of carbonyl (C=O) groups is 1. The molecule has 4 nitrogen and oxygen atoms in total. The second-order valence-electron chi connectivity index (χ2n) is 4.98. The molecule has 1 saturated heterocycles. The van der Waals surface area contributed by atoms with Crippen LogP contribution in [0, 0.1) is 0 Å². The summed E-state index contributed by atoms with van der Waals surface area (Å²) in [6.07, 6.45) is 0.676. The lowest BCUT2D eigenvalue weighted by molar-refractivity contribution is 0.112. The Kier molecular flexibility index (Phi) is 3.87. The molecule has 0 bridgehead atoms. The van der Waals surface area contributed by atoms with Gasteiger partial charge >= 0.3 is 0 Å². The fourth-order valence-corrected chi connectivity index (χ4v) is 2.32. The van der Waals surface area contributed by atoms with Crippen molar-refractivity contribution in [3.05, 3.63) is 23.8 Å². The summed E-state index contributed by atoms with van der Waals surface area (Å²) < 4.78 is 0. The van der Waals surface area contributed by atoms with Gasteiger partial charge in [0, 0.05) is 44.0 Å². The van der Waals surface area contributed by atoms with Crippen LogP contribution in [0.4, 0.5) is 5.69 Å². The van der Waals surface area contributed by atoms with Crippen molar-refractivity contribution < 1.29 is 9.90 Å². The molecule has 4 heteroatoms. The zero-order valence-electron chi connectivity index (χ0n) is 11.0. The van der Waals surface area contributed by atoms with E-state index in [0.717, 1.165) is 31.9 Å². The van der Waals surface area contributed by atoms with Crippen LogP contribution in [0.3, 0.4) is 0 Å². The van der Waals surface area contributed by atoms with E-state index in [0.29, 0.717) is 17.9 Å². The predicted molar refractivity (Wildman–Crippen MR) is 72.4 cm³/mol. The Morgan fingerprint density at radius 2 is 1.89 bits per heavy atom. The zero-order chi connectivity index (χ0) is 13.1. The minimum Gasteiger partial charge on any atom is -0.507 e. The minimum atomic E-state index is 0.0637. The van der Waals surface area contributed by atoms with E-state index in [1.165, 1.54) is 0 Å². The number of hydrogen-bond donors (Lipinski definition) is 1. The lowest BCUT2D eigenvalue weighted by Gasteiger charge is -2.38. The van der Waals surface area contributed by atoms with Crippen molar-refractivity contribution in [2.24, 2.45) is 0 Å². The van der Waals surface area contributed by atoms with Crippen LogP contribution in [0.2, 0.25) is 0 Å². The maximum atomic E-state index is 10.7. The second-order valence-corrected chi connectivity index (χ2v) is 4.98. The van der Waals surface area contributed by atoms with Crippen molar-refractivity contribution in [2.45, 2.75) is 19.9 Å². The van der Waals surface area contributed by atoms with Gasteiger partial charge in [-0.2, -0.15) is 0 Å². The molecular weight excluding hydrogens is 228 g/mol. The number of hydrogen-bond acceptors (Lipinski definition) is 4. The third kappa shape index (κ3) is 2.64. The monoisotopic (exact) mass is 248 g/mol. The van der Waals surface area contributed by atoms with Gasteiger partial charge in [0.25, 0.3) is 0 Å². The van der Waals surface area contributed by atoms with Crippen LogP contribution in [-0.2, 0) is 0 Å². The molecule has 18 heavy (non-hydrogen) atoms. The topological polar surface area (TPSA) is 43.8 Å². The Hall–Kier alpha value is -1.55. The van der Waals surface area contributed by atoms with Gasteiger partial charge in [-0.05, 0) is 26.0 Å². The van der Waals surface area contributed by atoms with E-state index < -0.39 is 0 Å². The average Bonchev–Trinajstić information content (AvgIpc) is 2.38. The summed E-state index contributed by atoms with van der Waals surface area (Å²) in [6, 6.07) is 5.83. The minimum absolute atomic E-state index is 0.0637. The summed E-state index contributed by atoms with van der Waals surface area (Å²) in [4.78, 5) is 15.3. The van der Waals surface area contributed by atoms with E-state index in [2.05, 4.69) is 23.6 Å². The molecule has 1 aromatic rings. The molecule has 0 aromatic heterocycles. The summed E-state index contributed by atoms with van der Waals surface area (Å²) in [5.41, 5.74) is 1.33. The molecule has 1 aromatic carbocycles. The first kappa shape index (κ1) is 12.9. The molecule has 1 N–H and O–H groups in total. The normalized spacial score (nSPS) is 17.2. The zero-order valence-corrected chi connectivity index (χ0v) is 11.0. The van der Waals surface area contributed by atoms with Crippen molar-refractivity contribution >= 4 is 12.0 Å². The summed E-state index contributed by atoms with van der Waals surface area (Å²) in [5.74, 6) is 0.0637. The molecule has 2 rings (SSSR count). The molecule has 0 amide bonds. The van der Waals surface area contributed by atoms with Gasteiger partial charge < -0.3 is 10.0 Å². The highest BCUT2D eigenvalue weighted by atomic mass is 16.3. The maximum Gasteiger partial charge on any atom is 0.153 e. The van der Waals surface area contributed by atoms with Crippen LogP contribution in [0.25, 0.3) is 0 Å². The van der Waals surface area contributed by atoms with E-state index in [9.17, 15) is 9.90 Å². The van der Waals surface area contributed by atoms with Gasteiger partial charge in [-0.25, -0.2) is 0 Å². The molecule has 0 spiro atoms. The number of rotatable bonds is 3. The number of piperazine rings is 1. The van der Waals surface area contributed by atoms with E-state index in [1.807, 2.05) is 6.07 Å². The maximum absolute atomic E-state index is 10.7. The molecule has 1 aliphatic rings. The molecular formula is C14H20N2O2. The highest BCUT2D eigenvalue weighted by Crippen LogP contribution is 2.24. The number of aldehydes is 1. The van der Waals surface area contributed by atoms with E-state index in [-0.39, 0.29) is 5.75 Å². The Morgan fingerprint density at radius 3 is 2.39 bits per heavy atom. The Labute approximate surface area is 108 Å².